The maximum absolute atomic E-state index is 6.18. The van der Waals surface area contributed by atoms with Crippen molar-refractivity contribution in [2.24, 2.45) is 11.7 Å². The molecule has 1 aliphatic rings. The van der Waals surface area contributed by atoms with Crippen LogP contribution in [0, 0.1) is 19.8 Å². The summed E-state index contributed by atoms with van der Waals surface area (Å²) in [4.78, 5) is 0. The van der Waals surface area contributed by atoms with E-state index in [0.717, 1.165) is 5.75 Å². The molecule has 1 aromatic carbocycles. The summed E-state index contributed by atoms with van der Waals surface area (Å²) in [6.07, 6.45) is 5.22. The van der Waals surface area contributed by atoms with Crippen molar-refractivity contribution < 1.29 is 4.74 Å². The Hall–Kier alpha value is -1.02. The lowest BCUT2D eigenvalue weighted by atomic mass is 10.00. The minimum atomic E-state index is 0.193. The third kappa shape index (κ3) is 3.22. The van der Waals surface area contributed by atoms with Gasteiger partial charge in [-0.05, 0) is 44.2 Å². The zero-order valence-electron chi connectivity index (χ0n) is 10.9. The smallest absolute Gasteiger partial charge is 0.122 e. The van der Waals surface area contributed by atoms with Crippen LogP contribution in [0.25, 0.3) is 0 Å². The fourth-order valence-corrected chi connectivity index (χ4v) is 2.67. The second-order valence-corrected chi connectivity index (χ2v) is 5.29. The van der Waals surface area contributed by atoms with Gasteiger partial charge in [0.2, 0.25) is 0 Å². The average molecular weight is 233 g/mol. The Kier molecular flexibility index (Phi) is 4.06. The van der Waals surface area contributed by atoms with E-state index in [0.29, 0.717) is 12.5 Å². The third-order valence-electron chi connectivity index (χ3n) is 3.77. The second-order valence-electron chi connectivity index (χ2n) is 5.29. The van der Waals surface area contributed by atoms with Gasteiger partial charge in [0.25, 0.3) is 0 Å². The largest absolute Gasteiger partial charge is 0.492 e. The van der Waals surface area contributed by atoms with Gasteiger partial charge >= 0.3 is 0 Å². The highest BCUT2D eigenvalue weighted by molar-refractivity contribution is 5.35. The fraction of sp³-hybridized carbons (Fsp3) is 0.600. The molecule has 1 fully saturated rings. The minimum absolute atomic E-state index is 0.193. The lowest BCUT2D eigenvalue weighted by Gasteiger charge is -2.20. The Morgan fingerprint density at radius 1 is 1.29 bits per heavy atom. The maximum atomic E-state index is 6.18. The van der Waals surface area contributed by atoms with E-state index in [4.69, 9.17) is 10.5 Å². The van der Waals surface area contributed by atoms with Gasteiger partial charge in [-0.2, -0.15) is 0 Å². The highest BCUT2D eigenvalue weighted by atomic mass is 16.5. The quantitative estimate of drug-likeness (QED) is 0.866. The van der Waals surface area contributed by atoms with E-state index in [2.05, 4.69) is 26.0 Å². The second kappa shape index (κ2) is 5.54. The summed E-state index contributed by atoms with van der Waals surface area (Å²) >= 11 is 0. The van der Waals surface area contributed by atoms with E-state index in [1.54, 1.807) is 0 Å². The number of nitrogens with two attached hydrogens (primary N) is 1. The first-order valence-corrected chi connectivity index (χ1v) is 6.62. The first-order chi connectivity index (χ1) is 8.16. The Balaban J connectivity index is 1.88. The third-order valence-corrected chi connectivity index (χ3v) is 3.77. The topological polar surface area (TPSA) is 35.2 Å². The molecule has 1 saturated carbocycles. The Bertz CT molecular complexity index is 369. The summed E-state index contributed by atoms with van der Waals surface area (Å²) in [6, 6.07) is 6.48. The fourth-order valence-electron chi connectivity index (χ4n) is 2.67. The van der Waals surface area contributed by atoms with Crippen LogP contribution in [0.2, 0.25) is 0 Å². The van der Waals surface area contributed by atoms with E-state index in [9.17, 15) is 0 Å². The Morgan fingerprint density at radius 3 is 2.65 bits per heavy atom. The monoisotopic (exact) mass is 233 g/mol. The van der Waals surface area contributed by atoms with Gasteiger partial charge < -0.3 is 10.5 Å². The highest BCUT2D eigenvalue weighted by Gasteiger charge is 2.22. The predicted octanol–water partition coefficient (Wildman–Crippen LogP) is 3.20. The van der Waals surface area contributed by atoms with Gasteiger partial charge in [0.1, 0.15) is 12.4 Å². The van der Waals surface area contributed by atoms with E-state index < -0.39 is 0 Å². The molecular formula is C15H23NO. The molecule has 2 nitrogen and oxygen atoms in total. The van der Waals surface area contributed by atoms with Crippen molar-refractivity contribution in [1.29, 1.82) is 0 Å². The average Bonchev–Trinajstić information content (AvgIpc) is 2.81. The molecule has 0 radical (unpaired) electrons. The van der Waals surface area contributed by atoms with Crippen LogP contribution in [0.4, 0.5) is 0 Å². The molecule has 94 valence electrons. The van der Waals surface area contributed by atoms with Gasteiger partial charge in [-0.3, -0.25) is 0 Å². The van der Waals surface area contributed by atoms with Crippen LogP contribution >= 0.6 is 0 Å². The number of hydrogen-bond donors (Lipinski definition) is 1. The summed E-state index contributed by atoms with van der Waals surface area (Å²) in [5.41, 5.74) is 8.65. The molecule has 0 spiro atoms. The molecule has 0 aromatic heterocycles. The molecule has 1 unspecified atom stereocenters. The Labute approximate surface area is 104 Å². The molecule has 0 aliphatic heterocycles. The van der Waals surface area contributed by atoms with Gasteiger partial charge in [0.05, 0.1) is 0 Å². The molecule has 2 rings (SSSR count). The van der Waals surface area contributed by atoms with Gasteiger partial charge in [0.15, 0.2) is 0 Å². The molecule has 0 heterocycles. The maximum Gasteiger partial charge on any atom is 0.122 e. The predicted molar refractivity (Wildman–Crippen MR) is 71.3 cm³/mol. The van der Waals surface area contributed by atoms with Gasteiger partial charge in [-0.15, -0.1) is 0 Å². The number of aryl methyl sites for hydroxylation is 2. The first kappa shape index (κ1) is 12.4. The minimum Gasteiger partial charge on any atom is -0.492 e. The molecule has 0 bridgehead atoms. The summed E-state index contributed by atoms with van der Waals surface area (Å²) in [5.74, 6) is 1.64. The molecule has 2 heteroatoms. The normalized spacial score (nSPS) is 18.3. The van der Waals surface area contributed by atoms with Crippen LogP contribution in [-0.2, 0) is 0 Å². The van der Waals surface area contributed by atoms with E-state index in [-0.39, 0.29) is 6.04 Å². The molecule has 1 aliphatic carbocycles. The summed E-state index contributed by atoms with van der Waals surface area (Å²) < 4.78 is 5.84. The molecule has 2 N–H and O–H groups in total. The van der Waals surface area contributed by atoms with Crippen molar-refractivity contribution in [1.82, 2.24) is 0 Å². The summed E-state index contributed by atoms with van der Waals surface area (Å²) in [7, 11) is 0. The highest BCUT2D eigenvalue weighted by Crippen LogP contribution is 2.27. The van der Waals surface area contributed by atoms with Crippen molar-refractivity contribution in [3.8, 4) is 5.75 Å². The van der Waals surface area contributed by atoms with E-state index in [1.165, 1.54) is 36.8 Å². The van der Waals surface area contributed by atoms with Crippen LogP contribution in [-0.4, -0.2) is 12.6 Å². The SMILES string of the molecule is Cc1ccc(OCC(N)C2CCCC2)c(C)c1. The summed E-state index contributed by atoms with van der Waals surface area (Å²) in [5, 5.41) is 0. The van der Waals surface area contributed by atoms with Gasteiger partial charge in [-0.1, -0.05) is 30.5 Å². The lowest BCUT2D eigenvalue weighted by Crippen LogP contribution is -2.34. The van der Waals surface area contributed by atoms with Crippen LogP contribution in [0.1, 0.15) is 36.8 Å². The van der Waals surface area contributed by atoms with E-state index >= 15 is 0 Å². The molecule has 1 aromatic rings. The van der Waals surface area contributed by atoms with Crippen molar-refractivity contribution in [3.05, 3.63) is 29.3 Å². The van der Waals surface area contributed by atoms with Gasteiger partial charge in [0, 0.05) is 6.04 Å². The first-order valence-electron chi connectivity index (χ1n) is 6.62. The van der Waals surface area contributed by atoms with Crippen molar-refractivity contribution >= 4 is 0 Å². The number of benzene rings is 1. The molecule has 17 heavy (non-hydrogen) atoms. The zero-order chi connectivity index (χ0) is 12.3. The standard InChI is InChI=1S/C15H23NO/c1-11-7-8-15(12(2)9-11)17-10-14(16)13-5-3-4-6-13/h7-9,13-14H,3-6,10,16H2,1-2H3. The number of ether oxygens (including phenoxy) is 1. The Morgan fingerprint density at radius 2 is 2.00 bits per heavy atom. The molecule has 0 saturated heterocycles. The summed E-state index contributed by atoms with van der Waals surface area (Å²) in [6.45, 7) is 4.83. The van der Waals surface area contributed by atoms with Crippen molar-refractivity contribution in [2.75, 3.05) is 6.61 Å². The van der Waals surface area contributed by atoms with Crippen LogP contribution in [0.15, 0.2) is 18.2 Å². The molecule has 1 atom stereocenters. The lowest BCUT2D eigenvalue weighted by molar-refractivity contribution is 0.246. The number of hydrogen-bond acceptors (Lipinski definition) is 2. The van der Waals surface area contributed by atoms with Crippen LogP contribution in [0.3, 0.4) is 0 Å². The molecule has 0 amide bonds. The van der Waals surface area contributed by atoms with Crippen molar-refractivity contribution in [3.63, 3.8) is 0 Å². The van der Waals surface area contributed by atoms with Crippen molar-refractivity contribution in [2.45, 2.75) is 45.6 Å². The number of rotatable bonds is 4. The van der Waals surface area contributed by atoms with E-state index in [1.807, 2.05) is 6.07 Å². The van der Waals surface area contributed by atoms with Crippen LogP contribution in [0.5, 0.6) is 5.75 Å². The molecular weight excluding hydrogens is 210 g/mol. The van der Waals surface area contributed by atoms with Crippen LogP contribution < -0.4 is 10.5 Å². The zero-order valence-corrected chi connectivity index (χ0v) is 10.9. The van der Waals surface area contributed by atoms with Gasteiger partial charge in [-0.25, -0.2) is 0 Å².